The Kier molecular flexibility index (Phi) is 7.67. The summed E-state index contributed by atoms with van der Waals surface area (Å²) in [5, 5.41) is 20.9. The lowest BCUT2D eigenvalue weighted by Gasteiger charge is -2.05. The molecule has 43 heavy (non-hydrogen) atoms. The highest BCUT2D eigenvalue weighted by molar-refractivity contribution is 7.15. The first-order valence-electron chi connectivity index (χ1n) is 13.6. The van der Waals surface area contributed by atoms with Crippen LogP contribution in [-0.4, -0.2) is 43.0 Å². The second kappa shape index (κ2) is 11.9. The van der Waals surface area contributed by atoms with E-state index in [9.17, 15) is 14.9 Å². The van der Waals surface area contributed by atoms with Crippen molar-refractivity contribution in [3.05, 3.63) is 110 Å². The number of ether oxygens (including phenoxy) is 2. The SMILES string of the molecule is CCCCOc1ccc(-c2nc3s/c(=C\c4cn(-c5ccccc5)nc4-c4ccc(OC)c([N+](=O)[O-])c4)c(=O)n3n2)cc1. The zero-order valence-corrected chi connectivity index (χ0v) is 24.2. The normalized spacial score (nSPS) is 11.7. The predicted molar refractivity (Wildman–Crippen MR) is 164 cm³/mol. The van der Waals surface area contributed by atoms with Crippen LogP contribution >= 0.6 is 11.3 Å². The third kappa shape index (κ3) is 5.60. The monoisotopic (exact) mass is 594 g/mol. The van der Waals surface area contributed by atoms with Crippen LogP contribution in [0.2, 0.25) is 0 Å². The van der Waals surface area contributed by atoms with Crippen molar-refractivity contribution in [1.82, 2.24) is 24.4 Å². The van der Waals surface area contributed by atoms with Gasteiger partial charge in [-0.3, -0.25) is 14.9 Å². The molecule has 0 aliphatic heterocycles. The molecule has 0 N–H and O–H groups in total. The topological polar surface area (TPSA) is 127 Å². The molecular weight excluding hydrogens is 568 g/mol. The fourth-order valence-corrected chi connectivity index (χ4v) is 5.44. The van der Waals surface area contributed by atoms with E-state index in [0.29, 0.717) is 38.7 Å². The summed E-state index contributed by atoms with van der Waals surface area (Å²) in [7, 11) is 1.38. The van der Waals surface area contributed by atoms with Gasteiger partial charge in [0, 0.05) is 29.0 Å². The van der Waals surface area contributed by atoms with Crippen LogP contribution < -0.4 is 19.6 Å². The molecule has 12 heteroatoms. The van der Waals surface area contributed by atoms with Gasteiger partial charge in [0.2, 0.25) is 4.96 Å². The van der Waals surface area contributed by atoms with Crippen LogP contribution in [0.1, 0.15) is 25.3 Å². The summed E-state index contributed by atoms with van der Waals surface area (Å²) in [5.74, 6) is 1.36. The van der Waals surface area contributed by atoms with Gasteiger partial charge in [0.05, 0.1) is 28.9 Å². The summed E-state index contributed by atoms with van der Waals surface area (Å²) in [5.41, 5.74) is 2.64. The molecular formula is C31H26N6O5S. The zero-order chi connectivity index (χ0) is 29.9. The van der Waals surface area contributed by atoms with E-state index in [1.165, 1.54) is 35.1 Å². The Morgan fingerprint density at radius 3 is 2.49 bits per heavy atom. The third-order valence-corrected chi connectivity index (χ3v) is 7.72. The van der Waals surface area contributed by atoms with Crippen molar-refractivity contribution in [3.8, 4) is 39.8 Å². The minimum Gasteiger partial charge on any atom is -0.494 e. The van der Waals surface area contributed by atoms with E-state index in [1.807, 2.05) is 54.6 Å². The van der Waals surface area contributed by atoms with E-state index in [0.717, 1.165) is 29.8 Å². The van der Waals surface area contributed by atoms with Crippen LogP contribution in [0.4, 0.5) is 5.69 Å². The van der Waals surface area contributed by atoms with Gasteiger partial charge in [-0.1, -0.05) is 42.9 Å². The molecule has 0 bridgehead atoms. The van der Waals surface area contributed by atoms with Crippen molar-refractivity contribution in [2.24, 2.45) is 0 Å². The number of benzene rings is 3. The number of nitro benzene ring substituents is 1. The van der Waals surface area contributed by atoms with Crippen molar-refractivity contribution in [2.45, 2.75) is 19.8 Å². The highest BCUT2D eigenvalue weighted by Gasteiger charge is 2.20. The van der Waals surface area contributed by atoms with Crippen molar-refractivity contribution < 1.29 is 14.4 Å². The minimum atomic E-state index is -0.500. The molecule has 3 aromatic carbocycles. The Hall–Kier alpha value is -5.36. The Morgan fingerprint density at radius 2 is 1.79 bits per heavy atom. The number of para-hydroxylation sites is 1. The van der Waals surface area contributed by atoms with E-state index in [2.05, 4.69) is 17.0 Å². The van der Waals surface area contributed by atoms with Gasteiger partial charge in [-0.15, -0.1) is 5.10 Å². The number of hydrogen-bond acceptors (Lipinski definition) is 9. The maximum atomic E-state index is 13.4. The maximum absolute atomic E-state index is 13.4. The number of hydrogen-bond donors (Lipinski definition) is 0. The summed E-state index contributed by atoms with van der Waals surface area (Å²) in [6.07, 6.45) is 5.54. The molecule has 0 aliphatic rings. The molecule has 0 saturated carbocycles. The first-order chi connectivity index (χ1) is 20.9. The maximum Gasteiger partial charge on any atom is 0.311 e. The number of thiazole rings is 1. The Morgan fingerprint density at radius 1 is 1.02 bits per heavy atom. The largest absolute Gasteiger partial charge is 0.494 e. The van der Waals surface area contributed by atoms with Crippen LogP contribution in [0.15, 0.2) is 83.8 Å². The van der Waals surface area contributed by atoms with Crippen molar-refractivity contribution >= 4 is 28.1 Å². The lowest BCUT2D eigenvalue weighted by Crippen LogP contribution is -2.23. The number of aromatic nitrogens is 5. The quantitative estimate of drug-likeness (QED) is 0.119. The molecule has 0 fully saturated rings. The van der Waals surface area contributed by atoms with Gasteiger partial charge in [0.15, 0.2) is 11.6 Å². The number of unbranched alkanes of at least 4 members (excludes halogenated alkanes) is 1. The van der Waals surface area contributed by atoms with Crippen LogP contribution in [0, 0.1) is 10.1 Å². The second-order valence-corrected chi connectivity index (χ2v) is 10.6. The molecule has 0 atom stereocenters. The Labute approximate surface area is 249 Å². The molecule has 0 unspecified atom stereocenters. The first-order valence-corrected chi connectivity index (χ1v) is 14.4. The number of methoxy groups -OCH3 is 1. The molecule has 0 amide bonds. The Balaban J connectivity index is 1.40. The fraction of sp³-hybridized carbons (Fsp3) is 0.161. The van der Waals surface area contributed by atoms with Gasteiger partial charge in [-0.25, -0.2) is 4.68 Å². The molecule has 0 radical (unpaired) electrons. The second-order valence-electron chi connectivity index (χ2n) is 9.63. The fourth-order valence-electron chi connectivity index (χ4n) is 4.54. The lowest BCUT2D eigenvalue weighted by molar-refractivity contribution is -0.385. The van der Waals surface area contributed by atoms with Crippen LogP contribution in [0.25, 0.3) is 39.4 Å². The molecule has 0 aliphatic carbocycles. The van der Waals surface area contributed by atoms with Gasteiger partial charge in [0.25, 0.3) is 5.56 Å². The van der Waals surface area contributed by atoms with Gasteiger partial charge >= 0.3 is 5.69 Å². The molecule has 6 rings (SSSR count). The number of rotatable bonds is 10. The lowest BCUT2D eigenvalue weighted by atomic mass is 10.1. The van der Waals surface area contributed by atoms with Gasteiger partial charge in [-0.2, -0.15) is 14.6 Å². The number of nitro groups is 1. The average Bonchev–Trinajstić information content (AvgIpc) is 3.72. The summed E-state index contributed by atoms with van der Waals surface area (Å²) >= 11 is 1.21. The molecule has 6 aromatic rings. The smallest absolute Gasteiger partial charge is 0.311 e. The average molecular weight is 595 g/mol. The molecule has 0 saturated heterocycles. The number of fused-ring (bicyclic) bond motifs is 1. The van der Waals surface area contributed by atoms with E-state index in [-0.39, 0.29) is 17.0 Å². The minimum absolute atomic E-state index is 0.142. The van der Waals surface area contributed by atoms with Crippen molar-refractivity contribution in [3.63, 3.8) is 0 Å². The number of nitrogens with zero attached hydrogens (tertiary/aromatic N) is 6. The van der Waals surface area contributed by atoms with E-state index < -0.39 is 4.92 Å². The van der Waals surface area contributed by atoms with E-state index in [4.69, 9.17) is 14.6 Å². The van der Waals surface area contributed by atoms with Crippen molar-refractivity contribution in [2.75, 3.05) is 13.7 Å². The van der Waals surface area contributed by atoms with Gasteiger partial charge in [0.1, 0.15) is 11.4 Å². The van der Waals surface area contributed by atoms with E-state index in [1.54, 1.807) is 23.0 Å². The highest BCUT2D eigenvalue weighted by atomic mass is 32.1. The molecule has 3 aromatic heterocycles. The summed E-state index contributed by atoms with van der Waals surface area (Å²) < 4.78 is 14.3. The third-order valence-electron chi connectivity index (χ3n) is 6.76. The Bertz CT molecular complexity index is 2030. The standard InChI is InChI=1S/C31H26N6O5S/c1-3-4-16-42-24-13-10-20(11-14-24)29-32-31-36(34-29)30(38)27(43-31)18-22-19-35(23-8-6-5-7-9-23)33-28(22)21-12-15-26(41-2)25(17-21)37(39)40/h5-15,17-19H,3-4,16H2,1-2H3/b27-18-. The molecule has 216 valence electrons. The van der Waals surface area contributed by atoms with Gasteiger partial charge in [-0.05, 0) is 61.0 Å². The van der Waals surface area contributed by atoms with Crippen LogP contribution in [0.3, 0.4) is 0 Å². The zero-order valence-electron chi connectivity index (χ0n) is 23.3. The van der Waals surface area contributed by atoms with Crippen molar-refractivity contribution in [1.29, 1.82) is 0 Å². The molecule has 0 spiro atoms. The summed E-state index contributed by atoms with van der Waals surface area (Å²) in [6, 6.07) is 21.6. The van der Waals surface area contributed by atoms with Crippen LogP contribution in [-0.2, 0) is 0 Å². The van der Waals surface area contributed by atoms with E-state index >= 15 is 0 Å². The molecule has 3 heterocycles. The first kappa shape index (κ1) is 27.8. The van der Waals surface area contributed by atoms with Gasteiger partial charge < -0.3 is 9.47 Å². The van der Waals surface area contributed by atoms with Crippen LogP contribution in [0.5, 0.6) is 11.5 Å². The summed E-state index contributed by atoms with van der Waals surface area (Å²) in [4.78, 5) is 29.7. The predicted octanol–water partition coefficient (Wildman–Crippen LogP) is 5.31. The highest BCUT2D eigenvalue weighted by Crippen LogP contribution is 2.33. The molecule has 11 nitrogen and oxygen atoms in total. The summed E-state index contributed by atoms with van der Waals surface area (Å²) in [6.45, 7) is 2.77.